The van der Waals surface area contributed by atoms with Gasteiger partial charge in [-0.15, -0.1) is 0 Å². The molecule has 0 N–H and O–H groups in total. The normalized spacial score (nSPS) is 18.5. The molecule has 0 amide bonds. The van der Waals surface area contributed by atoms with Crippen molar-refractivity contribution >= 4 is 48.9 Å². The second kappa shape index (κ2) is 7.71. The van der Waals surface area contributed by atoms with Crippen LogP contribution in [0.4, 0.5) is 0 Å². The molecule has 0 fully saturated rings. The fourth-order valence-electron chi connectivity index (χ4n) is 6.67. The number of hydrogen-bond acceptors (Lipinski definition) is 3. The van der Waals surface area contributed by atoms with Gasteiger partial charge in [0.05, 0.1) is 32.7 Å². The highest BCUT2D eigenvalue weighted by Gasteiger charge is 2.43. The average molecular weight is 524 g/mol. The van der Waals surface area contributed by atoms with Gasteiger partial charge in [-0.3, -0.25) is 9.59 Å². The average Bonchev–Trinajstić information content (AvgIpc) is 2.99. The third-order valence-corrected chi connectivity index (χ3v) is 9.92. The first-order chi connectivity index (χ1) is 19.0. The third-order valence-electron chi connectivity index (χ3n) is 8.43. The van der Waals surface area contributed by atoms with Gasteiger partial charge in [0.2, 0.25) is 0 Å². The van der Waals surface area contributed by atoms with Crippen molar-refractivity contribution in [3.63, 3.8) is 0 Å². The van der Waals surface area contributed by atoms with Gasteiger partial charge < -0.3 is 4.40 Å². The Labute approximate surface area is 225 Å². The topological polar surface area (TPSA) is 55.6 Å². The van der Waals surface area contributed by atoms with Crippen LogP contribution >= 0.6 is 0 Å². The van der Waals surface area contributed by atoms with Crippen LogP contribution in [0.2, 0.25) is 0 Å². The molecule has 2 unspecified atom stereocenters. The highest BCUT2D eigenvalue weighted by Crippen LogP contribution is 2.50. The van der Waals surface area contributed by atoms with E-state index in [2.05, 4.69) is 19.1 Å². The summed E-state index contributed by atoms with van der Waals surface area (Å²) >= 11 is 0. The minimum Gasteiger partial charge on any atom is -0.307 e. The smallest absolute Gasteiger partial charge is 0.197 e. The summed E-state index contributed by atoms with van der Waals surface area (Å²) in [6.07, 6.45) is 0. The Morgan fingerprint density at radius 3 is 2.10 bits per heavy atom. The molecule has 0 radical (unpaired) electrons. The Morgan fingerprint density at radius 2 is 1.28 bits per heavy atom. The molecule has 0 saturated carbocycles. The second-order valence-corrected chi connectivity index (χ2v) is 11.7. The number of pyridine rings is 2. The van der Waals surface area contributed by atoms with Gasteiger partial charge in [-0.2, -0.15) is 0 Å². The fraction of sp³-hybridized carbons (Fsp3) is 0.0588. The molecule has 5 aromatic carbocycles. The van der Waals surface area contributed by atoms with Crippen LogP contribution in [0.3, 0.4) is 0 Å². The first-order valence-corrected chi connectivity index (χ1v) is 14.0. The zero-order valence-electron chi connectivity index (χ0n) is 21.0. The summed E-state index contributed by atoms with van der Waals surface area (Å²) in [7, 11) is -1.46. The Hall–Kier alpha value is -4.61. The van der Waals surface area contributed by atoms with E-state index in [1.165, 1.54) is 0 Å². The number of para-hydroxylation sites is 2. The van der Waals surface area contributed by atoms with Crippen molar-refractivity contribution in [1.29, 1.82) is 0 Å². The Morgan fingerprint density at radius 1 is 0.615 bits per heavy atom. The molecule has 0 bridgehead atoms. The van der Waals surface area contributed by atoms with Crippen molar-refractivity contribution in [3.8, 4) is 0 Å². The van der Waals surface area contributed by atoms with Crippen LogP contribution in [0, 0.1) is 0 Å². The molecular weight excluding hydrogens is 502 g/mol. The lowest BCUT2D eigenvalue weighted by atomic mass is 9.69. The van der Waals surface area contributed by atoms with Gasteiger partial charge in [0.25, 0.3) is 0 Å². The van der Waals surface area contributed by atoms with Crippen LogP contribution in [0.1, 0.15) is 23.6 Å². The summed E-state index contributed by atoms with van der Waals surface area (Å²) in [4.78, 5) is 29.4. The molecule has 0 saturated heterocycles. The quantitative estimate of drug-likeness (QED) is 0.185. The lowest BCUT2D eigenvalue weighted by Gasteiger charge is -2.39. The lowest BCUT2D eigenvalue weighted by molar-refractivity contribution is 0.634. The fourth-order valence-corrected chi connectivity index (χ4v) is 8.26. The van der Waals surface area contributed by atoms with Crippen LogP contribution in [0.15, 0.2) is 129 Å². The van der Waals surface area contributed by atoms with Crippen LogP contribution < -0.4 is 10.9 Å². The molecule has 3 heterocycles. The first kappa shape index (κ1) is 22.4. The number of hydrogen-bond donors (Lipinski definition) is 0. The third kappa shape index (κ3) is 2.70. The summed E-state index contributed by atoms with van der Waals surface area (Å²) in [5, 5.41) is 2.13. The maximum absolute atomic E-state index is 14.5. The van der Waals surface area contributed by atoms with E-state index in [4.69, 9.17) is 0 Å². The largest absolute Gasteiger partial charge is 0.307 e. The van der Waals surface area contributed by atoms with Crippen molar-refractivity contribution in [1.82, 2.24) is 4.40 Å². The monoisotopic (exact) mass is 523 g/mol. The highest BCUT2D eigenvalue weighted by molar-refractivity contribution is 7.85. The molecule has 5 heteroatoms. The van der Waals surface area contributed by atoms with Gasteiger partial charge in [-0.25, -0.2) is 4.21 Å². The van der Waals surface area contributed by atoms with E-state index in [1.807, 2.05) is 83.3 Å². The van der Waals surface area contributed by atoms with Gasteiger partial charge in [-0.1, -0.05) is 66.7 Å². The minimum atomic E-state index is -1.46. The van der Waals surface area contributed by atoms with Crippen molar-refractivity contribution < 1.29 is 4.21 Å². The van der Waals surface area contributed by atoms with Gasteiger partial charge in [0.15, 0.2) is 10.9 Å². The zero-order chi connectivity index (χ0) is 26.5. The Balaban J connectivity index is 1.69. The Bertz CT molecular complexity index is 2310. The first-order valence-electron chi connectivity index (χ1n) is 12.9. The molecule has 8 rings (SSSR count). The highest BCUT2D eigenvalue weighted by atomic mass is 32.2. The number of fused-ring (bicyclic) bond motifs is 7. The molecule has 1 aliphatic rings. The van der Waals surface area contributed by atoms with Gasteiger partial charge in [0, 0.05) is 31.4 Å². The van der Waals surface area contributed by atoms with Crippen LogP contribution in [0.5, 0.6) is 0 Å². The van der Waals surface area contributed by atoms with Crippen molar-refractivity contribution in [3.05, 3.63) is 146 Å². The number of aromatic nitrogens is 1. The molecule has 4 nitrogen and oxygen atoms in total. The molecule has 7 aromatic rings. The van der Waals surface area contributed by atoms with Crippen molar-refractivity contribution in [2.24, 2.45) is 0 Å². The van der Waals surface area contributed by atoms with E-state index in [0.29, 0.717) is 37.5 Å². The zero-order valence-corrected chi connectivity index (χ0v) is 21.8. The summed E-state index contributed by atoms with van der Waals surface area (Å²) in [5.41, 5.74) is 3.81. The SMILES string of the molecule is CC1(c2ccccc2)c2ccccc2S(=O)c2ccc3c(c21)c(=O)c1cccc2c(=O)c4ccccc4n3c21. The minimum absolute atomic E-state index is 0.0861. The second-order valence-electron chi connectivity index (χ2n) is 10.3. The predicted octanol–water partition coefficient (Wildman–Crippen LogP) is 6.39. The predicted molar refractivity (Wildman–Crippen MR) is 157 cm³/mol. The summed E-state index contributed by atoms with van der Waals surface area (Å²) in [6, 6.07) is 34.6. The number of benzene rings is 5. The van der Waals surface area contributed by atoms with E-state index in [-0.39, 0.29) is 10.9 Å². The van der Waals surface area contributed by atoms with E-state index >= 15 is 0 Å². The molecule has 39 heavy (non-hydrogen) atoms. The molecule has 186 valence electrons. The van der Waals surface area contributed by atoms with Gasteiger partial charge >= 0.3 is 0 Å². The maximum atomic E-state index is 14.5. The van der Waals surface area contributed by atoms with E-state index in [9.17, 15) is 13.8 Å². The number of rotatable bonds is 1. The Kier molecular flexibility index (Phi) is 4.43. The van der Waals surface area contributed by atoms with Crippen LogP contribution in [-0.4, -0.2) is 8.61 Å². The molecular formula is C34H21NO3S. The van der Waals surface area contributed by atoms with E-state index in [1.54, 1.807) is 18.2 Å². The summed E-state index contributed by atoms with van der Waals surface area (Å²) in [6.45, 7) is 2.13. The molecule has 1 aliphatic heterocycles. The van der Waals surface area contributed by atoms with E-state index in [0.717, 1.165) is 27.1 Å². The standard InChI is InChI=1S/C34H21NO3S/c1-34(20-10-3-2-4-11-20)24-15-6-8-17-27(24)39(38)28-19-18-26-29(30(28)34)33(37)23-14-9-13-22-31(23)35(26)25-16-7-5-12-21(25)32(22)36/h2-19H,1H3. The summed E-state index contributed by atoms with van der Waals surface area (Å²) < 4.78 is 16.1. The summed E-state index contributed by atoms with van der Waals surface area (Å²) in [5.74, 6) is 0. The molecule has 0 spiro atoms. The van der Waals surface area contributed by atoms with Crippen molar-refractivity contribution in [2.45, 2.75) is 22.1 Å². The van der Waals surface area contributed by atoms with Crippen molar-refractivity contribution in [2.75, 3.05) is 0 Å². The number of nitrogens with zero attached hydrogens (tertiary/aromatic N) is 1. The lowest BCUT2D eigenvalue weighted by Crippen LogP contribution is -2.33. The van der Waals surface area contributed by atoms with Crippen LogP contribution in [0.25, 0.3) is 38.1 Å². The van der Waals surface area contributed by atoms with Crippen LogP contribution in [-0.2, 0) is 16.2 Å². The molecule has 2 aromatic heterocycles. The van der Waals surface area contributed by atoms with Gasteiger partial charge in [-0.05, 0) is 66.1 Å². The van der Waals surface area contributed by atoms with E-state index < -0.39 is 16.2 Å². The molecule has 2 atom stereocenters. The molecule has 0 aliphatic carbocycles. The maximum Gasteiger partial charge on any atom is 0.197 e. The van der Waals surface area contributed by atoms with Gasteiger partial charge in [0.1, 0.15) is 0 Å².